The Bertz CT molecular complexity index is 547. The number of hydrogen-bond acceptors (Lipinski definition) is 3. The van der Waals surface area contributed by atoms with Gasteiger partial charge in [-0.15, -0.1) is 0 Å². The van der Waals surface area contributed by atoms with E-state index in [0.717, 1.165) is 24.0 Å². The molecule has 20 heavy (non-hydrogen) atoms. The van der Waals surface area contributed by atoms with Crippen LogP contribution in [0.4, 0.5) is 0 Å². The molecule has 1 fully saturated rings. The molecular weight excluding hydrogens is 258 g/mol. The summed E-state index contributed by atoms with van der Waals surface area (Å²) in [4.78, 5) is 23.1. The average molecular weight is 277 g/mol. The molecule has 5 nitrogen and oxygen atoms in total. The number of aryl methyl sites for hydroxylation is 1. The van der Waals surface area contributed by atoms with Crippen LogP contribution in [0.3, 0.4) is 0 Å². The number of aliphatic hydroxyl groups is 1. The van der Waals surface area contributed by atoms with Gasteiger partial charge in [-0.25, -0.2) is 4.79 Å². The molecule has 1 aliphatic carbocycles. The first kappa shape index (κ1) is 14.5. The van der Waals surface area contributed by atoms with Gasteiger partial charge < -0.3 is 15.5 Å². The number of carboxylic acids is 1. The van der Waals surface area contributed by atoms with E-state index >= 15 is 0 Å². The molecule has 1 aromatic rings. The zero-order valence-corrected chi connectivity index (χ0v) is 11.6. The third kappa shape index (κ3) is 2.67. The number of nitrogens with one attached hydrogen (secondary N) is 1. The van der Waals surface area contributed by atoms with Crippen LogP contribution in [-0.2, 0) is 15.0 Å². The van der Waals surface area contributed by atoms with Crippen LogP contribution < -0.4 is 5.32 Å². The largest absolute Gasteiger partial charge is 0.479 e. The van der Waals surface area contributed by atoms with Gasteiger partial charge in [-0.3, -0.25) is 4.79 Å². The third-order valence-electron chi connectivity index (χ3n) is 3.81. The molecule has 1 unspecified atom stereocenters. The van der Waals surface area contributed by atoms with E-state index in [1.807, 2.05) is 31.2 Å². The van der Waals surface area contributed by atoms with Gasteiger partial charge in [0.05, 0.1) is 12.0 Å². The summed E-state index contributed by atoms with van der Waals surface area (Å²) < 4.78 is 0. The Morgan fingerprint density at radius 1 is 1.40 bits per heavy atom. The molecule has 108 valence electrons. The summed E-state index contributed by atoms with van der Waals surface area (Å²) in [6.07, 6.45) is 1.50. The number of carbonyl (C=O) groups is 2. The fourth-order valence-electron chi connectivity index (χ4n) is 2.21. The highest BCUT2D eigenvalue weighted by Gasteiger charge is 2.51. The fourth-order valence-corrected chi connectivity index (χ4v) is 2.21. The molecule has 0 bridgehead atoms. The SMILES string of the molecule is Cc1cccc(C2(C(=O)NCC(C)(O)C(=O)O)CC2)c1. The Morgan fingerprint density at radius 3 is 2.55 bits per heavy atom. The van der Waals surface area contributed by atoms with Gasteiger partial charge in [-0.2, -0.15) is 0 Å². The maximum Gasteiger partial charge on any atom is 0.337 e. The number of carboxylic acid groups (broad SMARTS) is 1. The van der Waals surface area contributed by atoms with Crippen molar-refractivity contribution >= 4 is 11.9 Å². The first-order chi connectivity index (χ1) is 9.28. The first-order valence-corrected chi connectivity index (χ1v) is 6.59. The van der Waals surface area contributed by atoms with Crippen LogP contribution in [0, 0.1) is 6.92 Å². The summed E-state index contributed by atoms with van der Waals surface area (Å²) in [5, 5.41) is 21.0. The number of amides is 1. The summed E-state index contributed by atoms with van der Waals surface area (Å²) >= 11 is 0. The van der Waals surface area contributed by atoms with Crippen LogP contribution >= 0.6 is 0 Å². The lowest BCUT2D eigenvalue weighted by molar-refractivity contribution is -0.156. The smallest absolute Gasteiger partial charge is 0.337 e. The molecule has 0 spiro atoms. The van der Waals surface area contributed by atoms with Gasteiger partial charge in [0.25, 0.3) is 0 Å². The second kappa shape index (κ2) is 4.90. The first-order valence-electron chi connectivity index (χ1n) is 6.59. The maximum atomic E-state index is 12.3. The highest BCUT2D eigenvalue weighted by Crippen LogP contribution is 2.48. The van der Waals surface area contributed by atoms with Crippen molar-refractivity contribution in [3.8, 4) is 0 Å². The van der Waals surface area contributed by atoms with Crippen molar-refractivity contribution in [1.82, 2.24) is 5.32 Å². The average Bonchev–Trinajstić information content (AvgIpc) is 3.17. The summed E-state index contributed by atoms with van der Waals surface area (Å²) in [6.45, 7) is 2.84. The van der Waals surface area contributed by atoms with Crippen LogP contribution in [0.1, 0.15) is 30.9 Å². The second-order valence-corrected chi connectivity index (χ2v) is 5.71. The summed E-state index contributed by atoms with van der Waals surface area (Å²) in [6, 6.07) is 7.76. The van der Waals surface area contributed by atoms with Crippen molar-refractivity contribution in [2.75, 3.05) is 6.54 Å². The predicted molar refractivity (Wildman–Crippen MR) is 73.4 cm³/mol. The van der Waals surface area contributed by atoms with Gasteiger partial charge in [0.15, 0.2) is 5.60 Å². The van der Waals surface area contributed by atoms with Gasteiger partial charge in [0.2, 0.25) is 5.91 Å². The van der Waals surface area contributed by atoms with Crippen LogP contribution in [0.2, 0.25) is 0 Å². The molecule has 0 heterocycles. The normalized spacial score (nSPS) is 18.9. The molecular formula is C15H19NO4. The minimum absolute atomic E-state index is 0.218. The Labute approximate surface area is 117 Å². The lowest BCUT2D eigenvalue weighted by Gasteiger charge is -2.21. The highest BCUT2D eigenvalue weighted by atomic mass is 16.4. The van der Waals surface area contributed by atoms with Gasteiger partial charge in [-0.05, 0) is 32.3 Å². The third-order valence-corrected chi connectivity index (χ3v) is 3.81. The van der Waals surface area contributed by atoms with Crippen LogP contribution in [0.15, 0.2) is 24.3 Å². The molecule has 1 aliphatic rings. The predicted octanol–water partition coefficient (Wildman–Crippen LogP) is 0.978. The van der Waals surface area contributed by atoms with Gasteiger partial charge in [-0.1, -0.05) is 29.8 Å². The topological polar surface area (TPSA) is 86.6 Å². The van der Waals surface area contributed by atoms with Gasteiger partial charge in [0, 0.05) is 0 Å². The van der Waals surface area contributed by atoms with E-state index in [-0.39, 0.29) is 12.5 Å². The van der Waals surface area contributed by atoms with E-state index in [1.54, 1.807) is 0 Å². The minimum Gasteiger partial charge on any atom is -0.479 e. The lowest BCUT2D eigenvalue weighted by Crippen LogP contribution is -2.48. The van der Waals surface area contributed by atoms with Crippen molar-refractivity contribution in [3.05, 3.63) is 35.4 Å². The van der Waals surface area contributed by atoms with E-state index in [4.69, 9.17) is 5.11 Å². The Morgan fingerprint density at radius 2 is 2.05 bits per heavy atom. The van der Waals surface area contributed by atoms with E-state index < -0.39 is 17.0 Å². The molecule has 3 N–H and O–H groups in total. The molecule has 0 aliphatic heterocycles. The quantitative estimate of drug-likeness (QED) is 0.748. The molecule has 1 atom stereocenters. The molecule has 1 amide bonds. The van der Waals surface area contributed by atoms with Crippen molar-refractivity contribution in [1.29, 1.82) is 0 Å². The van der Waals surface area contributed by atoms with E-state index in [2.05, 4.69) is 5.32 Å². The standard InChI is InChI=1S/C15H19NO4/c1-10-4-3-5-11(8-10)15(6-7-15)12(17)16-9-14(2,20)13(18)19/h3-5,8,20H,6-7,9H2,1-2H3,(H,16,17)(H,18,19). The zero-order chi connectivity index (χ0) is 15.0. The molecule has 0 radical (unpaired) electrons. The zero-order valence-electron chi connectivity index (χ0n) is 11.6. The van der Waals surface area contributed by atoms with Crippen molar-refractivity contribution < 1.29 is 19.8 Å². The highest BCUT2D eigenvalue weighted by molar-refractivity contribution is 5.92. The van der Waals surface area contributed by atoms with E-state index in [0.29, 0.717) is 0 Å². The van der Waals surface area contributed by atoms with E-state index in [9.17, 15) is 14.7 Å². The van der Waals surface area contributed by atoms with Crippen LogP contribution in [0.5, 0.6) is 0 Å². The van der Waals surface area contributed by atoms with Crippen molar-refractivity contribution in [3.63, 3.8) is 0 Å². The second-order valence-electron chi connectivity index (χ2n) is 5.71. The fraction of sp³-hybridized carbons (Fsp3) is 0.467. The monoisotopic (exact) mass is 277 g/mol. The molecule has 2 rings (SSSR count). The van der Waals surface area contributed by atoms with E-state index in [1.165, 1.54) is 6.92 Å². The number of carbonyl (C=O) groups excluding carboxylic acids is 1. The Kier molecular flexibility index (Phi) is 3.56. The number of hydrogen-bond donors (Lipinski definition) is 3. The lowest BCUT2D eigenvalue weighted by atomic mass is 9.93. The Hall–Kier alpha value is -1.88. The Balaban J connectivity index is 2.08. The minimum atomic E-state index is -1.95. The molecule has 1 saturated carbocycles. The summed E-state index contributed by atoms with van der Waals surface area (Å²) in [7, 11) is 0. The van der Waals surface area contributed by atoms with Crippen LogP contribution in [-0.4, -0.2) is 34.2 Å². The molecule has 1 aromatic carbocycles. The number of benzene rings is 1. The van der Waals surface area contributed by atoms with Crippen molar-refractivity contribution in [2.24, 2.45) is 0 Å². The maximum absolute atomic E-state index is 12.3. The van der Waals surface area contributed by atoms with Crippen LogP contribution in [0.25, 0.3) is 0 Å². The van der Waals surface area contributed by atoms with Gasteiger partial charge >= 0.3 is 5.97 Å². The molecule has 0 aromatic heterocycles. The van der Waals surface area contributed by atoms with Gasteiger partial charge in [0.1, 0.15) is 0 Å². The van der Waals surface area contributed by atoms with Crippen molar-refractivity contribution in [2.45, 2.75) is 37.7 Å². The number of rotatable bonds is 5. The molecule has 5 heteroatoms. The number of aliphatic carboxylic acids is 1. The summed E-state index contributed by atoms with van der Waals surface area (Å²) in [5.74, 6) is -1.57. The molecule has 0 saturated heterocycles. The summed E-state index contributed by atoms with van der Waals surface area (Å²) in [5.41, 5.74) is -0.469.